The standard InChI is InChI=1S/C24H24Cl2N4O5/c25-17-8-7-16(20(26)11-17)12-27-22(31)14-29-23(32)19-3-1-2-4-21(19)28(24(29)33)13-15-5-9-18(10-6-15)30(34)35/h5-11,19,21H,1-4,12-14H2,(H,27,31). The first kappa shape index (κ1) is 24.9. The van der Waals surface area contributed by atoms with E-state index >= 15 is 0 Å². The summed E-state index contributed by atoms with van der Waals surface area (Å²) in [5, 5.41) is 14.5. The molecule has 35 heavy (non-hydrogen) atoms. The van der Waals surface area contributed by atoms with Crippen LogP contribution in [0.15, 0.2) is 42.5 Å². The van der Waals surface area contributed by atoms with E-state index < -0.39 is 23.4 Å². The molecule has 2 fully saturated rings. The lowest BCUT2D eigenvalue weighted by Crippen LogP contribution is -2.63. The minimum atomic E-state index is -0.531. The van der Waals surface area contributed by atoms with Gasteiger partial charge in [0.25, 0.3) is 5.69 Å². The fourth-order valence-electron chi connectivity index (χ4n) is 4.67. The molecule has 1 saturated carbocycles. The Morgan fingerprint density at radius 2 is 1.80 bits per heavy atom. The summed E-state index contributed by atoms with van der Waals surface area (Å²) in [6, 6.07) is 10.1. The SMILES string of the molecule is O=C(CN1C(=O)C2CCCCC2N(Cc2ccc([N+](=O)[O-])cc2)C1=O)NCc1ccc(Cl)cc1Cl. The maximum atomic E-state index is 13.4. The van der Waals surface area contributed by atoms with E-state index in [1.807, 2.05) is 0 Å². The van der Waals surface area contributed by atoms with Gasteiger partial charge in [0, 0.05) is 41.3 Å². The van der Waals surface area contributed by atoms with Crippen molar-refractivity contribution in [3.05, 3.63) is 73.8 Å². The molecule has 184 valence electrons. The number of rotatable bonds is 7. The second-order valence-corrected chi connectivity index (χ2v) is 9.57. The number of nitrogens with zero attached hydrogens (tertiary/aromatic N) is 3. The molecule has 2 unspecified atom stereocenters. The molecule has 2 aromatic carbocycles. The number of imide groups is 1. The summed E-state index contributed by atoms with van der Waals surface area (Å²) in [7, 11) is 0. The van der Waals surface area contributed by atoms with Crippen LogP contribution in [0.2, 0.25) is 10.0 Å². The van der Waals surface area contributed by atoms with E-state index in [0.717, 1.165) is 17.7 Å². The summed E-state index contributed by atoms with van der Waals surface area (Å²) in [6.07, 6.45) is 3.12. The fourth-order valence-corrected chi connectivity index (χ4v) is 5.15. The highest BCUT2D eigenvalue weighted by atomic mass is 35.5. The average Bonchev–Trinajstić information content (AvgIpc) is 2.84. The van der Waals surface area contributed by atoms with Crippen molar-refractivity contribution >= 4 is 46.7 Å². The van der Waals surface area contributed by atoms with Crippen LogP contribution < -0.4 is 5.32 Å². The Morgan fingerprint density at radius 1 is 1.09 bits per heavy atom. The van der Waals surface area contributed by atoms with Gasteiger partial charge in [-0.25, -0.2) is 4.79 Å². The molecule has 1 heterocycles. The number of nitro groups is 1. The highest BCUT2D eigenvalue weighted by molar-refractivity contribution is 6.35. The molecule has 0 radical (unpaired) electrons. The Kier molecular flexibility index (Phi) is 7.57. The van der Waals surface area contributed by atoms with Crippen molar-refractivity contribution in [2.24, 2.45) is 5.92 Å². The molecule has 2 aromatic rings. The second-order valence-electron chi connectivity index (χ2n) is 8.73. The average molecular weight is 519 g/mol. The Hall–Kier alpha value is -3.17. The van der Waals surface area contributed by atoms with Crippen molar-refractivity contribution < 1.29 is 19.3 Å². The van der Waals surface area contributed by atoms with Crippen molar-refractivity contribution in [1.29, 1.82) is 0 Å². The van der Waals surface area contributed by atoms with Crippen molar-refractivity contribution in [2.45, 2.75) is 44.8 Å². The van der Waals surface area contributed by atoms with Gasteiger partial charge in [0.15, 0.2) is 0 Å². The highest BCUT2D eigenvalue weighted by Crippen LogP contribution is 2.35. The first-order valence-corrected chi connectivity index (χ1v) is 12.1. The number of halogens is 2. The van der Waals surface area contributed by atoms with Gasteiger partial charge in [-0.15, -0.1) is 0 Å². The molecule has 1 saturated heterocycles. The summed E-state index contributed by atoms with van der Waals surface area (Å²) in [4.78, 5) is 52.3. The lowest BCUT2D eigenvalue weighted by atomic mass is 9.81. The number of carbonyl (C=O) groups excluding carboxylic acids is 3. The molecule has 0 spiro atoms. The Balaban J connectivity index is 1.48. The number of non-ortho nitro benzene ring substituents is 1. The van der Waals surface area contributed by atoms with Crippen LogP contribution in [0.3, 0.4) is 0 Å². The number of nitrogens with one attached hydrogen (secondary N) is 1. The van der Waals surface area contributed by atoms with Crippen molar-refractivity contribution in [2.75, 3.05) is 6.54 Å². The highest BCUT2D eigenvalue weighted by Gasteiger charge is 2.47. The fraction of sp³-hybridized carbons (Fsp3) is 0.375. The maximum Gasteiger partial charge on any atom is 0.327 e. The Morgan fingerprint density at radius 3 is 2.49 bits per heavy atom. The predicted octanol–water partition coefficient (Wildman–Crippen LogP) is 4.54. The minimum absolute atomic E-state index is 0.0384. The number of carbonyl (C=O) groups is 3. The third-order valence-corrected chi connectivity index (χ3v) is 7.07. The molecule has 0 bridgehead atoms. The zero-order valence-electron chi connectivity index (χ0n) is 18.8. The molecule has 1 aliphatic carbocycles. The quantitative estimate of drug-likeness (QED) is 0.426. The third-order valence-electron chi connectivity index (χ3n) is 6.48. The van der Waals surface area contributed by atoms with E-state index in [2.05, 4.69) is 5.32 Å². The van der Waals surface area contributed by atoms with Crippen LogP contribution in [0.4, 0.5) is 10.5 Å². The van der Waals surface area contributed by atoms with Crippen LogP contribution in [0, 0.1) is 16.0 Å². The van der Waals surface area contributed by atoms with Crippen LogP contribution in [0.25, 0.3) is 0 Å². The van der Waals surface area contributed by atoms with Gasteiger partial charge in [-0.2, -0.15) is 0 Å². The number of benzene rings is 2. The largest absolute Gasteiger partial charge is 0.350 e. The lowest BCUT2D eigenvalue weighted by molar-refractivity contribution is -0.384. The van der Waals surface area contributed by atoms with Crippen LogP contribution in [-0.4, -0.2) is 45.2 Å². The van der Waals surface area contributed by atoms with Crippen molar-refractivity contribution in [3.8, 4) is 0 Å². The van der Waals surface area contributed by atoms with Crippen molar-refractivity contribution in [1.82, 2.24) is 15.1 Å². The van der Waals surface area contributed by atoms with Crippen molar-refractivity contribution in [3.63, 3.8) is 0 Å². The zero-order valence-corrected chi connectivity index (χ0v) is 20.3. The molecule has 11 heteroatoms. The molecule has 4 amide bonds. The van der Waals surface area contributed by atoms with Crippen LogP contribution >= 0.6 is 23.2 Å². The second kappa shape index (κ2) is 10.6. The minimum Gasteiger partial charge on any atom is -0.350 e. The van der Waals surface area contributed by atoms with E-state index in [4.69, 9.17) is 23.2 Å². The molecule has 9 nitrogen and oxygen atoms in total. The van der Waals surface area contributed by atoms with Gasteiger partial charge in [0.05, 0.1) is 10.8 Å². The van der Waals surface area contributed by atoms with Gasteiger partial charge in [-0.3, -0.25) is 24.6 Å². The monoisotopic (exact) mass is 518 g/mol. The topological polar surface area (TPSA) is 113 Å². The number of urea groups is 1. The summed E-state index contributed by atoms with van der Waals surface area (Å²) in [6.45, 7) is -0.0732. The van der Waals surface area contributed by atoms with E-state index in [9.17, 15) is 24.5 Å². The zero-order chi connectivity index (χ0) is 25.1. The van der Waals surface area contributed by atoms with Gasteiger partial charge in [-0.05, 0) is 36.1 Å². The molecular formula is C24H24Cl2N4O5. The summed E-state index contributed by atoms with van der Waals surface area (Å²) < 4.78 is 0. The molecule has 2 aliphatic rings. The van der Waals surface area contributed by atoms with Crippen LogP contribution in [-0.2, 0) is 22.7 Å². The molecule has 1 aliphatic heterocycles. The Bertz CT molecular complexity index is 1160. The van der Waals surface area contributed by atoms with E-state index in [0.29, 0.717) is 34.0 Å². The number of hydrogen-bond acceptors (Lipinski definition) is 5. The molecule has 4 rings (SSSR count). The Labute approximate surface area is 212 Å². The number of nitro benzene ring substituents is 1. The summed E-state index contributed by atoms with van der Waals surface area (Å²) >= 11 is 12.1. The smallest absolute Gasteiger partial charge is 0.327 e. The third kappa shape index (κ3) is 5.57. The first-order chi connectivity index (χ1) is 16.7. The molecule has 0 aromatic heterocycles. The van der Waals surface area contributed by atoms with Gasteiger partial charge < -0.3 is 10.2 Å². The predicted molar refractivity (Wildman–Crippen MR) is 130 cm³/mol. The van der Waals surface area contributed by atoms with Gasteiger partial charge in [0.2, 0.25) is 11.8 Å². The van der Waals surface area contributed by atoms with E-state index in [1.54, 1.807) is 35.2 Å². The molecular weight excluding hydrogens is 495 g/mol. The van der Waals surface area contributed by atoms with Crippen LogP contribution in [0.5, 0.6) is 0 Å². The maximum absolute atomic E-state index is 13.4. The molecule has 1 N–H and O–H groups in total. The normalized spacial score (nSPS) is 19.9. The lowest BCUT2D eigenvalue weighted by Gasteiger charge is -2.46. The van der Waals surface area contributed by atoms with Gasteiger partial charge in [0.1, 0.15) is 6.54 Å². The number of fused-ring (bicyclic) bond motifs is 1. The van der Waals surface area contributed by atoms with E-state index in [1.165, 1.54) is 12.1 Å². The summed E-state index contributed by atoms with van der Waals surface area (Å²) in [5.41, 5.74) is 1.33. The van der Waals surface area contributed by atoms with Crippen LogP contribution in [0.1, 0.15) is 36.8 Å². The number of amides is 4. The summed E-state index contributed by atoms with van der Waals surface area (Å²) in [5.74, 6) is -1.19. The number of hydrogen-bond donors (Lipinski definition) is 1. The van der Waals surface area contributed by atoms with Gasteiger partial charge >= 0.3 is 6.03 Å². The van der Waals surface area contributed by atoms with E-state index in [-0.39, 0.29) is 36.6 Å². The first-order valence-electron chi connectivity index (χ1n) is 11.3. The van der Waals surface area contributed by atoms with Gasteiger partial charge in [-0.1, -0.05) is 54.2 Å². The molecule has 2 atom stereocenters.